The Labute approximate surface area is 119 Å². The number of aliphatic hydroxyl groups is 1. The van der Waals surface area contributed by atoms with Crippen LogP contribution in [0.3, 0.4) is 0 Å². The minimum absolute atomic E-state index is 0.0175. The maximum atomic E-state index is 12.2. The van der Waals surface area contributed by atoms with Crippen LogP contribution in [0.2, 0.25) is 0 Å². The van der Waals surface area contributed by atoms with Gasteiger partial charge in [0.15, 0.2) is 12.2 Å². The third-order valence-electron chi connectivity index (χ3n) is 3.32. The van der Waals surface area contributed by atoms with E-state index >= 15 is 0 Å². The molecule has 4 N–H and O–H groups in total. The number of hydrogen-bond acceptors (Lipinski definition) is 6. The van der Waals surface area contributed by atoms with Crippen LogP contribution in [0.25, 0.3) is 0 Å². The molecule has 6 heteroatoms. The molecular formula is C15H12O6. The average molecular weight is 288 g/mol. The zero-order valence-electron chi connectivity index (χ0n) is 10.7. The molecule has 2 atom stereocenters. The van der Waals surface area contributed by atoms with Crippen LogP contribution in [0.15, 0.2) is 36.4 Å². The molecular weight excluding hydrogens is 276 g/mol. The molecule has 0 saturated heterocycles. The van der Waals surface area contributed by atoms with Gasteiger partial charge in [0.05, 0.1) is 0 Å². The summed E-state index contributed by atoms with van der Waals surface area (Å²) in [5, 5.41) is 38.8. The Bertz CT molecular complexity index is 724. The number of rotatable bonds is 1. The number of aromatic hydroxyl groups is 3. The first-order chi connectivity index (χ1) is 9.97. The fraction of sp³-hybridized carbons (Fsp3) is 0.133. The van der Waals surface area contributed by atoms with Gasteiger partial charge in [-0.25, -0.2) is 0 Å². The maximum absolute atomic E-state index is 12.2. The van der Waals surface area contributed by atoms with E-state index in [0.29, 0.717) is 5.56 Å². The van der Waals surface area contributed by atoms with E-state index < -0.39 is 23.7 Å². The molecule has 0 unspecified atom stereocenters. The van der Waals surface area contributed by atoms with E-state index in [-0.39, 0.29) is 22.8 Å². The van der Waals surface area contributed by atoms with Gasteiger partial charge in [-0.05, 0) is 17.7 Å². The van der Waals surface area contributed by atoms with Crippen LogP contribution in [0, 0.1) is 0 Å². The smallest absolute Gasteiger partial charge is 0.202 e. The van der Waals surface area contributed by atoms with Crippen molar-refractivity contribution in [2.24, 2.45) is 0 Å². The van der Waals surface area contributed by atoms with E-state index in [1.807, 2.05) is 0 Å². The van der Waals surface area contributed by atoms with Crippen molar-refractivity contribution in [1.29, 1.82) is 0 Å². The highest BCUT2D eigenvalue weighted by Gasteiger charge is 2.39. The lowest BCUT2D eigenvalue weighted by atomic mass is 9.93. The second kappa shape index (κ2) is 4.68. The molecule has 0 aliphatic carbocycles. The number of Topliss-reactive ketones (excluding diaryl/α,β-unsaturated/α-hetero) is 1. The molecule has 2 aromatic carbocycles. The van der Waals surface area contributed by atoms with Crippen LogP contribution in [0.4, 0.5) is 0 Å². The number of phenols is 3. The van der Waals surface area contributed by atoms with Crippen molar-refractivity contribution in [3.8, 4) is 23.0 Å². The second-order valence-corrected chi connectivity index (χ2v) is 4.78. The Balaban J connectivity index is 2.09. The van der Waals surface area contributed by atoms with Gasteiger partial charge in [-0.1, -0.05) is 12.1 Å². The van der Waals surface area contributed by atoms with E-state index in [1.165, 1.54) is 18.2 Å². The van der Waals surface area contributed by atoms with Gasteiger partial charge in [-0.3, -0.25) is 4.79 Å². The van der Waals surface area contributed by atoms with Crippen molar-refractivity contribution < 1.29 is 30.0 Å². The van der Waals surface area contributed by atoms with Crippen LogP contribution in [-0.2, 0) is 0 Å². The Morgan fingerprint density at radius 3 is 2.48 bits per heavy atom. The average Bonchev–Trinajstić information content (AvgIpc) is 2.42. The zero-order chi connectivity index (χ0) is 15.1. The molecule has 1 aliphatic rings. The summed E-state index contributed by atoms with van der Waals surface area (Å²) in [7, 11) is 0. The van der Waals surface area contributed by atoms with Gasteiger partial charge >= 0.3 is 0 Å². The number of ketones is 1. The van der Waals surface area contributed by atoms with Crippen molar-refractivity contribution in [2.45, 2.75) is 12.2 Å². The third-order valence-corrected chi connectivity index (χ3v) is 3.32. The van der Waals surface area contributed by atoms with Crippen molar-refractivity contribution in [3.05, 3.63) is 47.5 Å². The van der Waals surface area contributed by atoms with Crippen LogP contribution in [0.5, 0.6) is 23.0 Å². The first-order valence-electron chi connectivity index (χ1n) is 6.21. The molecule has 108 valence electrons. The lowest BCUT2D eigenvalue weighted by Gasteiger charge is -2.30. The van der Waals surface area contributed by atoms with E-state index in [1.54, 1.807) is 12.1 Å². The summed E-state index contributed by atoms with van der Waals surface area (Å²) in [5.74, 6) is -1.47. The summed E-state index contributed by atoms with van der Waals surface area (Å²) < 4.78 is 5.52. The summed E-state index contributed by atoms with van der Waals surface area (Å²) in [5.41, 5.74) is 0.237. The van der Waals surface area contributed by atoms with Gasteiger partial charge in [0, 0.05) is 12.1 Å². The molecule has 6 nitrogen and oxygen atoms in total. The summed E-state index contributed by atoms with van der Waals surface area (Å²) in [4.78, 5) is 12.2. The van der Waals surface area contributed by atoms with Crippen molar-refractivity contribution in [3.63, 3.8) is 0 Å². The summed E-state index contributed by atoms with van der Waals surface area (Å²) in [6.07, 6.45) is -2.55. The molecule has 0 bridgehead atoms. The molecule has 1 aliphatic heterocycles. The molecule has 2 aromatic rings. The van der Waals surface area contributed by atoms with Crippen LogP contribution >= 0.6 is 0 Å². The fourth-order valence-corrected chi connectivity index (χ4v) is 2.37. The number of aliphatic hydroxyl groups excluding tert-OH is 1. The summed E-state index contributed by atoms with van der Waals surface area (Å²) >= 11 is 0. The molecule has 0 radical (unpaired) electrons. The Kier molecular flexibility index (Phi) is 2.95. The molecule has 0 fully saturated rings. The molecule has 1 heterocycles. The highest BCUT2D eigenvalue weighted by molar-refractivity contribution is 6.05. The number of carbonyl (C=O) groups is 1. The minimum Gasteiger partial charge on any atom is -0.508 e. The van der Waals surface area contributed by atoms with Crippen LogP contribution in [-0.4, -0.2) is 32.3 Å². The number of benzene rings is 2. The summed E-state index contributed by atoms with van der Waals surface area (Å²) in [6, 6.07) is 8.16. The lowest BCUT2D eigenvalue weighted by molar-refractivity contribution is 0.0210. The third kappa shape index (κ3) is 2.15. The van der Waals surface area contributed by atoms with Crippen molar-refractivity contribution in [2.75, 3.05) is 0 Å². The molecule has 0 spiro atoms. The summed E-state index contributed by atoms with van der Waals surface area (Å²) in [6.45, 7) is 0. The Morgan fingerprint density at radius 2 is 1.76 bits per heavy atom. The van der Waals surface area contributed by atoms with Gasteiger partial charge in [-0.15, -0.1) is 0 Å². The van der Waals surface area contributed by atoms with Gasteiger partial charge in [0.25, 0.3) is 0 Å². The van der Waals surface area contributed by atoms with Crippen LogP contribution < -0.4 is 4.74 Å². The van der Waals surface area contributed by atoms with Gasteiger partial charge in [0.2, 0.25) is 5.78 Å². The maximum Gasteiger partial charge on any atom is 0.202 e. The molecule has 0 aromatic heterocycles. The minimum atomic E-state index is -1.52. The Morgan fingerprint density at radius 1 is 1.00 bits per heavy atom. The molecule has 21 heavy (non-hydrogen) atoms. The highest BCUT2D eigenvalue weighted by Crippen LogP contribution is 2.41. The van der Waals surface area contributed by atoms with Gasteiger partial charge in [-0.2, -0.15) is 0 Å². The predicted molar refractivity (Wildman–Crippen MR) is 71.6 cm³/mol. The van der Waals surface area contributed by atoms with Gasteiger partial charge < -0.3 is 25.2 Å². The number of ether oxygens (including phenoxy) is 1. The fourth-order valence-electron chi connectivity index (χ4n) is 2.37. The predicted octanol–water partition coefficient (Wildman–Crippen LogP) is 1.48. The number of fused-ring (bicyclic) bond motifs is 1. The monoisotopic (exact) mass is 288 g/mol. The largest absolute Gasteiger partial charge is 0.508 e. The lowest BCUT2D eigenvalue weighted by Crippen LogP contribution is -2.36. The van der Waals surface area contributed by atoms with Crippen LogP contribution in [0.1, 0.15) is 22.0 Å². The number of phenolic OH excluding ortho intramolecular Hbond substituents is 3. The Hall–Kier alpha value is -2.73. The standard InChI is InChI=1S/C15H12O6/c16-8-3-1-2-7(4-8)15-14(20)13(19)12-10(18)5-9(17)6-11(12)21-15/h1-6,14-18,20H/t14-,15+/m1/s1. The molecule has 3 rings (SSSR count). The van der Waals surface area contributed by atoms with Crippen molar-refractivity contribution in [1.82, 2.24) is 0 Å². The normalized spacial score (nSPS) is 20.7. The number of carbonyl (C=O) groups excluding carboxylic acids is 1. The van der Waals surface area contributed by atoms with Crippen molar-refractivity contribution >= 4 is 5.78 Å². The molecule has 0 amide bonds. The number of hydrogen-bond donors (Lipinski definition) is 4. The second-order valence-electron chi connectivity index (χ2n) is 4.78. The molecule has 0 saturated carbocycles. The zero-order valence-corrected chi connectivity index (χ0v) is 10.7. The first-order valence-corrected chi connectivity index (χ1v) is 6.21. The SMILES string of the molecule is O=C1c2c(O)cc(O)cc2O[C@@H](c2cccc(O)c2)[C@@H]1O. The topological polar surface area (TPSA) is 107 Å². The quantitative estimate of drug-likeness (QED) is 0.633. The van der Waals surface area contributed by atoms with E-state index in [2.05, 4.69) is 0 Å². The highest BCUT2D eigenvalue weighted by atomic mass is 16.5. The van der Waals surface area contributed by atoms with E-state index in [0.717, 1.165) is 6.07 Å². The first kappa shape index (κ1) is 13.3. The van der Waals surface area contributed by atoms with E-state index in [9.17, 15) is 25.2 Å². The van der Waals surface area contributed by atoms with E-state index in [4.69, 9.17) is 4.74 Å². The van der Waals surface area contributed by atoms with Gasteiger partial charge in [0.1, 0.15) is 28.6 Å².